The second kappa shape index (κ2) is 11.0. The highest BCUT2D eigenvalue weighted by molar-refractivity contribution is 5.67. The zero-order valence-corrected chi connectivity index (χ0v) is 22.6. The third-order valence-corrected chi connectivity index (χ3v) is 7.82. The first-order chi connectivity index (χ1) is 16.4. The van der Waals surface area contributed by atoms with Crippen molar-refractivity contribution < 1.29 is 19.1 Å². The van der Waals surface area contributed by atoms with E-state index < -0.39 is 5.60 Å². The maximum Gasteiger partial charge on any atom is 0.304 e. The molecule has 0 amide bonds. The number of ether oxygens (including phenoxy) is 2. The van der Waals surface area contributed by atoms with Crippen molar-refractivity contribution in [3.8, 4) is 11.8 Å². The second-order valence-electron chi connectivity index (χ2n) is 11.2. The van der Waals surface area contributed by atoms with Crippen LogP contribution in [0.15, 0.2) is 46.6 Å². The van der Waals surface area contributed by atoms with E-state index in [1.165, 1.54) is 36.1 Å². The maximum absolute atomic E-state index is 11.4. The van der Waals surface area contributed by atoms with E-state index in [1.807, 2.05) is 13.8 Å². The van der Waals surface area contributed by atoms with Gasteiger partial charge in [-0.1, -0.05) is 61.1 Å². The van der Waals surface area contributed by atoms with E-state index >= 15 is 0 Å². The van der Waals surface area contributed by atoms with E-state index in [0.717, 1.165) is 44.9 Å². The minimum absolute atomic E-state index is 0.00557. The zero-order chi connectivity index (χ0) is 25.8. The Morgan fingerprint density at radius 1 is 1.23 bits per heavy atom. The molecule has 35 heavy (non-hydrogen) atoms. The van der Waals surface area contributed by atoms with Crippen molar-refractivity contribution in [2.75, 3.05) is 0 Å². The summed E-state index contributed by atoms with van der Waals surface area (Å²) in [5, 5.41) is 0. The SMILES string of the molecule is CC(=O)O[C@H]1CCC(C)=C(/C=C\C2=CCC[C@]3(C)C([C@H](C)CC#CC(C)(C)OC(C)=O)=CC[C@@H]23)C1. The molecule has 3 aliphatic carbocycles. The molecule has 0 saturated carbocycles. The van der Waals surface area contributed by atoms with Crippen molar-refractivity contribution in [1.82, 2.24) is 0 Å². The van der Waals surface area contributed by atoms with Crippen LogP contribution in [0.25, 0.3) is 0 Å². The van der Waals surface area contributed by atoms with Gasteiger partial charge in [0, 0.05) is 26.7 Å². The Bertz CT molecular complexity index is 1030. The van der Waals surface area contributed by atoms with Crippen LogP contribution in [-0.4, -0.2) is 23.6 Å². The lowest BCUT2D eigenvalue weighted by Gasteiger charge is -2.40. The Morgan fingerprint density at radius 2 is 1.97 bits per heavy atom. The molecule has 4 atom stereocenters. The van der Waals surface area contributed by atoms with Crippen LogP contribution in [0.1, 0.15) is 93.4 Å². The largest absolute Gasteiger partial charge is 0.462 e. The standard InChI is InChI=1S/C31H42O4/c1-21-12-15-27(34-23(3)32)20-26(21)14-13-25-11-9-19-31(7)28(16-17-29(25)31)22(2)10-8-18-30(5,6)35-24(4)33/h11,13-14,16,22,27,29H,9-10,12,15,17,19-20H2,1-7H3/b14-13-/t22-,27+,29+,31-/m1/s1. The first-order valence-corrected chi connectivity index (χ1v) is 13.1. The van der Waals surface area contributed by atoms with Gasteiger partial charge in [0.05, 0.1) is 0 Å². The van der Waals surface area contributed by atoms with Crippen molar-refractivity contribution in [2.24, 2.45) is 17.3 Å². The molecule has 0 heterocycles. The molecule has 0 aliphatic heterocycles. The highest BCUT2D eigenvalue weighted by atomic mass is 16.6. The summed E-state index contributed by atoms with van der Waals surface area (Å²) in [4.78, 5) is 22.7. The molecule has 0 unspecified atom stereocenters. The molecule has 0 fully saturated rings. The fourth-order valence-corrected chi connectivity index (χ4v) is 6.10. The molecule has 0 bridgehead atoms. The summed E-state index contributed by atoms with van der Waals surface area (Å²) in [7, 11) is 0. The minimum Gasteiger partial charge on any atom is -0.462 e. The summed E-state index contributed by atoms with van der Waals surface area (Å²) in [5.41, 5.74) is 5.04. The summed E-state index contributed by atoms with van der Waals surface area (Å²) < 4.78 is 10.8. The molecule has 4 heteroatoms. The van der Waals surface area contributed by atoms with E-state index in [4.69, 9.17) is 9.47 Å². The van der Waals surface area contributed by atoms with E-state index in [2.05, 4.69) is 56.9 Å². The monoisotopic (exact) mass is 478 g/mol. The molecule has 4 nitrogen and oxygen atoms in total. The molecular formula is C31H42O4. The molecule has 0 N–H and O–H groups in total. The Labute approximate surface area is 211 Å². The predicted octanol–water partition coefficient (Wildman–Crippen LogP) is 7.02. The van der Waals surface area contributed by atoms with Gasteiger partial charge in [-0.2, -0.15) is 0 Å². The minimum atomic E-state index is -0.756. The lowest BCUT2D eigenvalue weighted by atomic mass is 9.63. The number of rotatable bonds is 6. The van der Waals surface area contributed by atoms with Crippen LogP contribution >= 0.6 is 0 Å². The van der Waals surface area contributed by atoms with Crippen molar-refractivity contribution in [3.05, 3.63) is 46.6 Å². The van der Waals surface area contributed by atoms with Gasteiger partial charge in [0.25, 0.3) is 0 Å². The van der Waals surface area contributed by atoms with Crippen LogP contribution in [0.2, 0.25) is 0 Å². The van der Waals surface area contributed by atoms with Gasteiger partial charge in [-0.05, 0) is 81.3 Å². The van der Waals surface area contributed by atoms with Crippen LogP contribution < -0.4 is 0 Å². The lowest BCUT2D eigenvalue weighted by Crippen LogP contribution is -2.31. The van der Waals surface area contributed by atoms with Crippen LogP contribution in [0.4, 0.5) is 0 Å². The van der Waals surface area contributed by atoms with Gasteiger partial charge in [0.1, 0.15) is 6.10 Å². The number of carbonyl (C=O) groups excluding carboxylic acids is 2. The van der Waals surface area contributed by atoms with Crippen LogP contribution in [0, 0.1) is 29.1 Å². The van der Waals surface area contributed by atoms with Gasteiger partial charge in [0.2, 0.25) is 0 Å². The van der Waals surface area contributed by atoms with Crippen LogP contribution in [-0.2, 0) is 19.1 Å². The lowest BCUT2D eigenvalue weighted by molar-refractivity contribution is -0.149. The molecule has 0 aromatic rings. The van der Waals surface area contributed by atoms with Crippen molar-refractivity contribution in [3.63, 3.8) is 0 Å². The Kier molecular flexibility index (Phi) is 8.52. The summed E-state index contributed by atoms with van der Waals surface area (Å²) in [6.45, 7) is 13.5. The first kappa shape index (κ1) is 27.1. The molecule has 0 aromatic heterocycles. The van der Waals surface area contributed by atoms with Gasteiger partial charge in [-0.15, -0.1) is 0 Å². The number of esters is 2. The van der Waals surface area contributed by atoms with Gasteiger partial charge < -0.3 is 9.47 Å². The molecular weight excluding hydrogens is 436 g/mol. The number of hydrogen-bond acceptors (Lipinski definition) is 4. The average molecular weight is 479 g/mol. The van der Waals surface area contributed by atoms with E-state index in [-0.39, 0.29) is 23.5 Å². The molecule has 0 aromatic carbocycles. The number of allylic oxidation sites excluding steroid dienone is 7. The van der Waals surface area contributed by atoms with Gasteiger partial charge in [0.15, 0.2) is 5.60 Å². The smallest absolute Gasteiger partial charge is 0.304 e. The number of carbonyl (C=O) groups is 2. The van der Waals surface area contributed by atoms with E-state index in [0.29, 0.717) is 11.8 Å². The summed E-state index contributed by atoms with van der Waals surface area (Å²) in [6.07, 6.45) is 16.2. The van der Waals surface area contributed by atoms with Crippen molar-refractivity contribution >= 4 is 11.9 Å². The summed E-state index contributed by atoms with van der Waals surface area (Å²) in [6, 6.07) is 0. The first-order valence-electron chi connectivity index (χ1n) is 13.1. The van der Waals surface area contributed by atoms with Gasteiger partial charge >= 0.3 is 11.9 Å². The maximum atomic E-state index is 11.4. The van der Waals surface area contributed by atoms with E-state index in [9.17, 15) is 9.59 Å². The van der Waals surface area contributed by atoms with Gasteiger partial charge in [-0.3, -0.25) is 9.59 Å². The summed E-state index contributed by atoms with van der Waals surface area (Å²) >= 11 is 0. The quantitative estimate of drug-likeness (QED) is 0.234. The van der Waals surface area contributed by atoms with Crippen molar-refractivity contribution in [1.29, 1.82) is 0 Å². The van der Waals surface area contributed by atoms with Crippen LogP contribution in [0.5, 0.6) is 0 Å². The third-order valence-electron chi connectivity index (χ3n) is 7.82. The fraction of sp³-hybridized carbons (Fsp3) is 0.613. The van der Waals surface area contributed by atoms with Crippen molar-refractivity contribution in [2.45, 2.75) is 105 Å². The normalized spacial score (nSPS) is 27.4. The molecule has 0 spiro atoms. The topological polar surface area (TPSA) is 52.6 Å². The van der Waals surface area contributed by atoms with Crippen LogP contribution in [0.3, 0.4) is 0 Å². The zero-order valence-electron chi connectivity index (χ0n) is 22.6. The second-order valence-corrected chi connectivity index (χ2v) is 11.2. The van der Waals surface area contributed by atoms with E-state index in [1.54, 1.807) is 0 Å². The Balaban J connectivity index is 1.68. The highest BCUT2D eigenvalue weighted by Crippen LogP contribution is 2.55. The number of fused-ring (bicyclic) bond motifs is 1. The Hall–Kier alpha value is -2.54. The average Bonchev–Trinajstić information content (AvgIpc) is 3.10. The van der Waals surface area contributed by atoms with Gasteiger partial charge in [-0.25, -0.2) is 0 Å². The molecule has 3 aliphatic rings. The fourth-order valence-electron chi connectivity index (χ4n) is 6.10. The highest BCUT2D eigenvalue weighted by Gasteiger charge is 2.44. The molecule has 0 saturated heterocycles. The predicted molar refractivity (Wildman–Crippen MR) is 140 cm³/mol. The molecule has 190 valence electrons. The Morgan fingerprint density at radius 3 is 2.66 bits per heavy atom. The number of hydrogen-bond donors (Lipinski definition) is 0. The third kappa shape index (κ3) is 6.78. The molecule has 3 rings (SSSR count). The summed E-state index contributed by atoms with van der Waals surface area (Å²) in [5.74, 6) is 6.77. The molecule has 0 radical (unpaired) electrons.